The van der Waals surface area contributed by atoms with Gasteiger partial charge in [0.15, 0.2) is 0 Å². The standard InChI is InChI=1S/C16H33N3O2/c1-12(2)7-9-19(10-8-13(3)4)11-14-5-6-15(21-14)16(20)18-17/h12-15H,5-11,17H2,1-4H3,(H,18,20). The number of nitrogens with one attached hydrogen (secondary N) is 1. The van der Waals surface area contributed by atoms with Crippen molar-refractivity contribution in [2.75, 3.05) is 19.6 Å². The van der Waals surface area contributed by atoms with Crippen LogP contribution in [0.3, 0.4) is 0 Å². The van der Waals surface area contributed by atoms with Crippen LogP contribution in [0.25, 0.3) is 0 Å². The molecule has 0 aromatic rings. The van der Waals surface area contributed by atoms with Crippen LogP contribution in [0.15, 0.2) is 0 Å². The van der Waals surface area contributed by atoms with E-state index in [9.17, 15) is 4.79 Å². The van der Waals surface area contributed by atoms with Crippen LogP contribution in [-0.2, 0) is 9.53 Å². The Hall–Kier alpha value is -0.650. The molecule has 21 heavy (non-hydrogen) atoms. The molecule has 1 aliphatic heterocycles. The Morgan fingerprint density at radius 3 is 2.24 bits per heavy atom. The van der Waals surface area contributed by atoms with Crippen molar-refractivity contribution in [1.29, 1.82) is 0 Å². The van der Waals surface area contributed by atoms with Crippen molar-refractivity contribution in [3.63, 3.8) is 0 Å². The van der Waals surface area contributed by atoms with Crippen LogP contribution in [0.2, 0.25) is 0 Å². The number of carbonyl (C=O) groups excluding carboxylic acids is 1. The lowest BCUT2D eigenvalue weighted by atomic mass is 10.1. The quantitative estimate of drug-likeness (QED) is 0.388. The summed E-state index contributed by atoms with van der Waals surface area (Å²) < 4.78 is 5.82. The van der Waals surface area contributed by atoms with Gasteiger partial charge in [0.25, 0.3) is 5.91 Å². The van der Waals surface area contributed by atoms with E-state index in [4.69, 9.17) is 10.6 Å². The minimum absolute atomic E-state index is 0.159. The molecule has 0 spiro atoms. The van der Waals surface area contributed by atoms with Crippen LogP contribution in [-0.4, -0.2) is 42.6 Å². The van der Waals surface area contributed by atoms with Crippen molar-refractivity contribution >= 4 is 5.91 Å². The van der Waals surface area contributed by atoms with E-state index in [-0.39, 0.29) is 18.1 Å². The van der Waals surface area contributed by atoms with E-state index in [2.05, 4.69) is 38.0 Å². The SMILES string of the molecule is CC(C)CCN(CCC(C)C)CC1CCC(C(=O)NN)O1. The molecule has 124 valence electrons. The lowest BCUT2D eigenvalue weighted by molar-refractivity contribution is -0.132. The molecule has 5 nitrogen and oxygen atoms in total. The number of hydrogen-bond acceptors (Lipinski definition) is 4. The first-order chi connectivity index (χ1) is 9.92. The summed E-state index contributed by atoms with van der Waals surface area (Å²) in [6.45, 7) is 12.2. The smallest absolute Gasteiger partial charge is 0.263 e. The molecule has 0 aromatic heterocycles. The van der Waals surface area contributed by atoms with E-state index < -0.39 is 0 Å². The van der Waals surface area contributed by atoms with Crippen LogP contribution < -0.4 is 11.3 Å². The molecule has 1 saturated heterocycles. The summed E-state index contributed by atoms with van der Waals surface area (Å²) >= 11 is 0. The van der Waals surface area contributed by atoms with E-state index in [1.54, 1.807) is 0 Å². The molecule has 1 aliphatic rings. The first-order valence-electron chi connectivity index (χ1n) is 8.30. The van der Waals surface area contributed by atoms with Gasteiger partial charge in [-0.15, -0.1) is 0 Å². The third-order valence-electron chi connectivity index (χ3n) is 4.05. The van der Waals surface area contributed by atoms with Gasteiger partial charge in [-0.1, -0.05) is 27.7 Å². The molecule has 0 aliphatic carbocycles. The molecule has 3 N–H and O–H groups in total. The fourth-order valence-electron chi connectivity index (χ4n) is 2.59. The Labute approximate surface area is 129 Å². The average molecular weight is 299 g/mol. The normalized spacial score (nSPS) is 22.5. The number of nitrogens with zero attached hydrogens (tertiary/aromatic N) is 1. The molecule has 1 fully saturated rings. The van der Waals surface area contributed by atoms with Gasteiger partial charge in [0.2, 0.25) is 0 Å². The van der Waals surface area contributed by atoms with Crippen LogP contribution >= 0.6 is 0 Å². The molecule has 0 bridgehead atoms. The summed E-state index contributed by atoms with van der Waals surface area (Å²) in [6.07, 6.45) is 3.92. The van der Waals surface area contributed by atoms with Gasteiger partial charge in [0.05, 0.1) is 6.10 Å². The van der Waals surface area contributed by atoms with E-state index in [1.165, 1.54) is 12.8 Å². The van der Waals surface area contributed by atoms with Crippen LogP contribution in [0.5, 0.6) is 0 Å². The molecule has 1 rings (SSSR count). The zero-order valence-corrected chi connectivity index (χ0v) is 14.1. The predicted molar refractivity (Wildman–Crippen MR) is 85.6 cm³/mol. The van der Waals surface area contributed by atoms with Gasteiger partial charge in [-0.25, -0.2) is 5.84 Å². The highest BCUT2D eigenvalue weighted by Crippen LogP contribution is 2.21. The number of hydrazine groups is 1. The average Bonchev–Trinajstić information content (AvgIpc) is 2.89. The third-order valence-corrected chi connectivity index (χ3v) is 4.05. The van der Waals surface area contributed by atoms with E-state index in [0.717, 1.165) is 32.5 Å². The highest BCUT2D eigenvalue weighted by Gasteiger charge is 2.31. The van der Waals surface area contributed by atoms with Gasteiger partial charge >= 0.3 is 0 Å². The predicted octanol–water partition coefficient (Wildman–Crippen LogP) is 1.92. The van der Waals surface area contributed by atoms with Gasteiger partial charge in [-0.3, -0.25) is 10.2 Å². The van der Waals surface area contributed by atoms with Crippen molar-refractivity contribution in [2.45, 2.75) is 65.6 Å². The second kappa shape index (κ2) is 9.38. The molecular weight excluding hydrogens is 266 g/mol. The van der Waals surface area contributed by atoms with E-state index in [1.807, 2.05) is 0 Å². The molecule has 2 atom stereocenters. The maximum absolute atomic E-state index is 11.5. The zero-order valence-electron chi connectivity index (χ0n) is 14.1. The zero-order chi connectivity index (χ0) is 15.8. The Morgan fingerprint density at radius 2 is 1.76 bits per heavy atom. The van der Waals surface area contributed by atoms with Gasteiger partial charge in [0.1, 0.15) is 6.10 Å². The molecule has 0 aromatic carbocycles. The summed E-state index contributed by atoms with van der Waals surface area (Å²) in [5, 5.41) is 0. The minimum atomic E-state index is -0.364. The van der Waals surface area contributed by atoms with Crippen LogP contribution in [0.4, 0.5) is 0 Å². The van der Waals surface area contributed by atoms with Crippen LogP contribution in [0, 0.1) is 11.8 Å². The highest BCUT2D eigenvalue weighted by molar-refractivity contribution is 5.80. The number of nitrogens with two attached hydrogens (primary N) is 1. The third kappa shape index (κ3) is 7.25. The van der Waals surface area contributed by atoms with Gasteiger partial charge < -0.3 is 9.64 Å². The molecular formula is C16H33N3O2. The van der Waals surface area contributed by atoms with Gasteiger partial charge in [-0.2, -0.15) is 0 Å². The van der Waals surface area contributed by atoms with E-state index in [0.29, 0.717) is 11.8 Å². The van der Waals surface area contributed by atoms with Crippen molar-refractivity contribution in [1.82, 2.24) is 10.3 Å². The summed E-state index contributed by atoms with van der Waals surface area (Å²) in [5.41, 5.74) is 2.18. The summed E-state index contributed by atoms with van der Waals surface area (Å²) in [4.78, 5) is 14.0. The number of carbonyl (C=O) groups is 1. The molecule has 1 heterocycles. The Morgan fingerprint density at radius 1 is 1.19 bits per heavy atom. The van der Waals surface area contributed by atoms with Crippen molar-refractivity contribution in [3.8, 4) is 0 Å². The maximum atomic E-state index is 11.5. The number of rotatable bonds is 9. The van der Waals surface area contributed by atoms with Crippen molar-refractivity contribution in [2.24, 2.45) is 17.7 Å². The fraction of sp³-hybridized carbons (Fsp3) is 0.938. The maximum Gasteiger partial charge on any atom is 0.263 e. The molecule has 5 heteroatoms. The van der Waals surface area contributed by atoms with Gasteiger partial charge in [0, 0.05) is 6.54 Å². The van der Waals surface area contributed by atoms with E-state index >= 15 is 0 Å². The monoisotopic (exact) mass is 299 g/mol. The van der Waals surface area contributed by atoms with Gasteiger partial charge in [-0.05, 0) is 50.6 Å². The lowest BCUT2D eigenvalue weighted by Gasteiger charge is -2.27. The Balaban J connectivity index is 2.42. The summed E-state index contributed by atoms with van der Waals surface area (Å²) in [5.74, 6) is 6.40. The Kier molecular flexibility index (Phi) is 8.22. The van der Waals surface area contributed by atoms with Crippen molar-refractivity contribution < 1.29 is 9.53 Å². The van der Waals surface area contributed by atoms with Crippen molar-refractivity contribution in [3.05, 3.63) is 0 Å². The molecule has 2 unspecified atom stereocenters. The first kappa shape index (κ1) is 18.4. The first-order valence-corrected chi connectivity index (χ1v) is 8.30. The summed E-state index contributed by atoms with van der Waals surface area (Å²) in [6, 6.07) is 0. The highest BCUT2D eigenvalue weighted by atomic mass is 16.5. The molecule has 0 radical (unpaired) electrons. The molecule has 1 amide bonds. The molecule has 0 saturated carbocycles. The van der Waals surface area contributed by atoms with Crippen LogP contribution in [0.1, 0.15) is 53.4 Å². The Bertz CT molecular complexity index is 296. The topological polar surface area (TPSA) is 67.6 Å². The fourth-order valence-corrected chi connectivity index (χ4v) is 2.59. The number of amides is 1. The number of hydrogen-bond donors (Lipinski definition) is 2. The largest absolute Gasteiger partial charge is 0.364 e. The second-order valence-corrected chi connectivity index (χ2v) is 7.00. The minimum Gasteiger partial charge on any atom is -0.364 e. The number of ether oxygens (including phenoxy) is 1. The lowest BCUT2D eigenvalue weighted by Crippen LogP contribution is -2.40. The second-order valence-electron chi connectivity index (χ2n) is 7.00. The summed E-state index contributed by atoms with van der Waals surface area (Å²) in [7, 11) is 0.